The molecule has 5 atom stereocenters. The zero-order valence-corrected chi connectivity index (χ0v) is 17.2. The van der Waals surface area contributed by atoms with Crippen molar-refractivity contribution in [3.05, 3.63) is 11.8 Å². The highest BCUT2D eigenvalue weighted by Crippen LogP contribution is 2.27. The van der Waals surface area contributed by atoms with Crippen molar-refractivity contribution >= 4 is 29.8 Å². The monoisotopic (exact) mass is 431 g/mol. The van der Waals surface area contributed by atoms with Crippen molar-refractivity contribution < 1.29 is 52.4 Å². The maximum absolute atomic E-state index is 12.0. The quantitative estimate of drug-likeness (QED) is 0.373. The van der Waals surface area contributed by atoms with Crippen LogP contribution in [0.25, 0.3) is 0 Å². The molecular formula is C18H25NO11. The van der Waals surface area contributed by atoms with Crippen LogP contribution in [-0.2, 0) is 52.4 Å². The molecule has 1 heterocycles. The minimum atomic E-state index is -1.42. The van der Waals surface area contributed by atoms with E-state index in [1.807, 2.05) is 0 Å². The van der Waals surface area contributed by atoms with Crippen molar-refractivity contribution in [3.63, 3.8) is 0 Å². The highest BCUT2D eigenvalue weighted by Gasteiger charge is 2.47. The summed E-state index contributed by atoms with van der Waals surface area (Å²) in [4.78, 5) is 57.9. The Morgan fingerprint density at radius 1 is 1.00 bits per heavy atom. The Bertz CT molecular complexity index is 717. The normalized spacial score (nSPS) is 22.3. The summed E-state index contributed by atoms with van der Waals surface area (Å²) in [6.45, 7) is 3.94. The topological polar surface area (TPSA) is 167 Å². The SMILES string of the molecule is COC(=O)C1=C[C@H](OC(C)=O)[C@@H](N)[C@H]([C@H](OC(C)=O)[C@@H](COC(C)=O)OC(C)=O)O1. The number of rotatable bonds is 8. The molecule has 0 radical (unpaired) electrons. The zero-order valence-electron chi connectivity index (χ0n) is 17.2. The number of ether oxygens (including phenoxy) is 6. The van der Waals surface area contributed by atoms with Crippen molar-refractivity contribution in [2.75, 3.05) is 13.7 Å². The lowest BCUT2D eigenvalue weighted by Crippen LogP contribution is -2.59. The number of nitrogens with two attached hydrogens (primary N) is 1. The number of hydrogen-bond acceptors (Lipinski definition) is 12. The fraction of sp³-hybridized carbons (Fsp3) is 0.611. The molecule has 1 aliphatic rings. The molecule has 0 aliphatic carbocycles. The van der Waals surface area contributed by atoms with Gasteiger partial charge < -0.3 is 34.2 Å². The number of esters is 5. The van der Waals surface area contributed by atoms with Crippen LogP contribution in [0.5, 0.6) is 0 Å². The first-order valence-corrected chi connectivity index (χ1v) is 8.83. The van der Waals surface area contributed by atoms with Gasteiger partial charge in [-0.1, -0.05) is 0 Å². The molecule has 0 aromatic carbocycles. The van der Waals surface area contributed by atoms with Gasteiger partial charge in [-0.2, -0.15) is 0 Å². The average Bonchev–Trinajstić information content (AvgIpc) is 2.63. The second kappa shape index (κ2) is 11.1. The van der Waals surface area contributed by atoms with Gasteiger partial charge in [0.25, 0.3) is 0 Å². The molecule has 12 nitrogen and oxygen atoms in total. The smallest absolute Gasteiger partial charge is 0.373 e. The third kappa shape index (κ3) is 7.35. The molecular weight excluding hydrogens is 406 g/mol. The van der Waals surface area contributed by atoms with E-state index >= 15 is 0 Å². The zero-order chi connectivity index (χ0) is 23.0. The molecule has 168 valence electrons. The molecule has 0 saturated carbocycles. The van der Waals surface area contributed by atoms with Crippen LogP contribution in [0.1, 0.15) is 27.7 Å². The molecule has 30 heavy (non-hydrogen) atoms. The van der Waals surface area contributed by atoms with Crippen LogP contribution in [0.3, 0.4) is 0 Å². The Morgan fingerprint density at radius 3 is 2.07 bits per heavy atom. The number of hydrogen-bond donors (Lipinski definition) is 1. The van der Waals surface area contributed by atoms with E-state index in [1.165, 1.54) is 0 Å². The number of carbonyl (C=O) groups is 5. The van der Waals surface area contributed by atoms with Gasteiger partial charge in [0.2, 0.25) is 5.76 Å². The molecule has 0 saturated heterocycles. The third-order valence-electron chi connectivity index (χ3n) is 3.79. The second-order valence-electron chi connectivity index (χ2n) is 6.28. The molecule has 0 unspecified atom stereocenters. The van der Waals surface area contributed by atoms with Gasteiger partial charge in [-0.25, -0.2) is 4.79 Å². The van der Waals surface area contributed by atoms with Crippen LogP contribution in [0.2, 0.25) is 0 Å². The highest BCUT2D eigenvalue weighted by molar-refractivity contribution is 5.86. The largest absolute Gasteiger partial charge is 0.477 e. The highest BCUT2D eigenvalue weighted by atomic mass is 16.6. The van der Waals surface area contributed by atoms with Gasteiger partial charge in [0.15, 0.2) is 18.3 Å². The molecule has 0 bridgehead atoms. The lowest BCUT2D eigenvalue weighted by molar-refractivity contribution is -0.190. The van der Waals surface area contributed by atoms with E-state index in [2.05, 4.69) is 4.74 Å². The molecule has 0 fully saturated rings. The van der Waals surface area contributed by atoms with Crippen molar-refractivity contribution in [2.45, 2.75) is 58.2 Å². The van der Waals surface area contributed by atoms with Gasteiger partial charge >= 0.3 is 29.8 Å². The Labute approximate surface area is 172 Å². The predicted molar refractivity (Wildman–Crippen MR) is 96.2 cm³/mol. The minimum absolute atomic E-state index is 0.360. The van der Waals surface area contributed by atoms with E-state index < -0.39 is 66.9 Å². The van der Waals surface area contributed by atoms with E-state index in [0.717, 1.165) is 40.9 Å². The van der Waals surface area contributed by atoms with Crippen molar-refractivity contribution in [1.29, 1.82) is 0 Å². The van der Waals surface area contributed by atoms with Gasteiger partial charge in [-0.3, -0.25) is 19.2 Å². The van der Waals surface area contributed by atoms with Crippen LogP contribution >= 0.6 is 0 Å². The number of methoxy groups -OCH3 is 1. The second-order valence-corrected chi connectivity index (χ2v) is 6.28. The summed E-state index contributed by atoms with van der Waals surface area (Å²) >= 11 is 0. The standard InChI is InChI=1S/C18H25NO11/c1-8(20)26-7-14(28-10(3)22)16(29-11(4)23)17-15(19)12(27-9(2)21)6-13(30-17)18(24)25-5/h6,12,14-17H,7,19H2,1-5H3/t12-,14+,15+,16+,17+/m0/s1. The average molecular weight is 431 g/mol. The van der Waals surface area contributed by atoms with E-state index in [-0.39, 0.29) is 5.76 Å². The Hall–Kier alpha value is -3.15. The summed E-state index contributed by atoms with van der Waals surface area (Å²) < 4.78 is 30.5. The lowest BCUT2D eigenvalue weighted by Gasteiger charge is -2.39. The minimum Gasteiger partial charge on any atom is -0.477 e. The molecule has 0 aromatic rings. The van der Waals surface area contributed by atoms with Crippen LogP contribution in [0.15, 0.2) is 11.8 Å². The van der Waals surface area contributed by atoms with Crippen LogP contribution < -0.4 is 5.73 Å². The molecule has 2 N–H and O–H groups in total. The molecule has 0 aromatic heterocycles. The lowest BCUT2D eigenvalue weighted by atomic mass is 9.94. The molecule has 0 amide bonds. The first-order valence-electron chi connectivity index (χ1n) is 8.83. The maximum atomic E-state index is 12.0. The molecule has 1 rings (SSSR count). The van der Waals surface area contributed by atoms with E-state index in [1.54, 1.807) is 0 Å². The third-order valence-corrected chi connectivity index (χ3v) is 3.79. The molecule has 1 aliphatic heterocycles. The van der Waals surface area contributed by atoms with Crippen LogP contribution in [-0.4, -0.2) is 74.0 Å². The summed E-state index contributed by atoms with van der Waals surface area (Å²) in [6, 6.07) is -1.15. The van der Waals surface area contributed by atoms with Crippen LogP contribution in [0, 0.1) is 0 Å². The van der Waals surface area contributed by atoms with Crippen LogP contribution in [0.4, 0.5) is 0 Å². The van der Waals surface area contributed by atoms with Crippen molar-refractivity contribution in [2.24, 2.45) is 5.73 Å². The fourth-order valence-electron chi connectivity index (χ4n) is 2.67. The summed E-state index contributed by atoms with van der Waals surface area (Å²) in [5.41, 5.74) is 6.14. The predicted octanol–water partition coefficient (Wildman–Crippen LogP) is -0.872. The van der Waals surface area contributed by atoms with Gasteiger partial charge in [-0.15, -0.1) is 0 Å². The van der Waals surface area contributed by atoms with Gasteiger partial charge in [0.05, 0.1) is 13.2 Å². The first-order chi connectivity index (χ1) is 14.0. The van der Waals surface area contributed by atoms with Gasteiger partial charge in [0.1, 0.15) is 12.7 Å². The Morgan fingerprint density at radius 2 is 1.60 bits per heavy atom. The molecule has 12 heteroatoms. The van der Waals surface area contributed by atoms with E-state index in [9.17, 15) is 24.0 Å². The van der Waals surface area contributed by atoms with Crippen molar-refractivity contribution in [1.82, 2.24) is 0 Å². The van der Waals surface area contributed by atoms with Crippen molar-refractivity contribution in [3.8, 4) is 0 Å². The fourth-order valence-corrected chi connectivity index (χ4v) is 2.67. The summed E-state index contributed by atoms with van der Waals surface area (Å²) in [5.74, 6) is -4.22. The first kappa shape index (κ1) is 24.9. The summed E-state index contributed by atoms with van der Waals surface area (Å²) in [7, 11) is 1.10. The Balaban J connectivity index is 3.36. The van der Waals surface area contributed by atoms with Gasteiger partial charge in [-0.05, 0) is 0 Å². The maximum Gasteiger partial charge on any atom is 0.373 e. The number of carbonyl (C=O) groups excluding carboxylic acids is 5. The van der Waals surface area contributed by atoms with E-state index in [4.69, 9.17) is 29.4 Å². The van der Waals surface area contributed by atoms with Gasteiger partial charge in [0, 0.05) is 33.8 Å². The molecule has 0 spiro atoms. The van der Waals surface area contributed by atoms with E-state index in [0.29, 0.717) is 0 Å². The summed E-state index contributed by atoms with van der Waals surface area (Å²) in [5, 5.41) is 0. The summed E-state index contributed by atoms with van der Waals surface area (Å²) in [6.07, 6.45) is -4.10. The Kier molecular flexibility index (Phi) is 9.24.